The van der Waals surface area contributed by atoms with E-state index in [0.717, 1.165) is 72.1 Å². The molecule has 0 spiro atoms. The van der Waals surface area contributed by atoms with E-state index in [0.29, 0.717) is 24.5 Å². The van der Waals surface area contributed by atoms with E-state index in [1.807, 2.05) is 47.0 Å². The van der Waals surface area contributed by atoms with Crippen LogP contribution in [0.4, 0.5) is 0 Å². The summed E-state index contributed by atoms with van der Waals surface area (Å²) in [7, 11) is 0. The van der Waals surface area contributed by atoms with Gasteiger partial charge in [0, 0.05) is 66.4 Å². The molecule has 0 amide bonds. The molecular weight excluding hydrogens is 653 g/mol. The van der Waals surface area contributed by atoms with Gasteiger partial charge < -0.3 is 14.4 Å². The molecule has 5 nitrogen and oxygen atoms in total. The van der Waals surface area contributed by atoms with Crippen molar-refractivity contribution in [3.8, 4) is 0 Å². The molecule has 0 aliphatic rings. The van der Waals surface area contributed by atoms with Crippen LogP contribution in [0.2, 0.25) is 0 Å². The quantitative estimate of drug-likeness (QED) is 0.0429. The van der Waals surface area contributed by atoms with Crippen LogP contribution in [0.3, 0.4) is 0 Å². The van der Waals surface area contributed by atoms with E-state index in [9.17, 15) is 14.1 Å². The third-order valence-corrected chi connectivity index (χ3v) is 16.0. The first-order valence-electron chi connectivity index (χ1n) is 11.5. The van der Waals surface area contributed by atoms with Gasteiger partial charge in [0.15, 0.2) is 5.12 Å². The summed E-state index contributed by atoms with van der Waals surface area (Å²) in [4.78, 5) is 23.6. The number of ether oxygens (including phenoxy) is 1. The van der Waals surface area contributed by atoms with Gasteiger partial charge in [-0.15, -0.1) is 58.8 Å². The van der Waals surface area contributed by atoms with Gasteiger partial charge in [0.1, 0.15) is 17.4 Å². The molecule has 0 saturated carbocycles. The maximum Gasteiger partial charge on any atom is 0.307 e. The zero-order valence-electron chi connectivity index (χ0n) is 20.9. The fraction of sp³-hybridized carbons (Fsp3) is 0.905. The SMILES string of the molecule is CCC[S+]([O-])CCSCSCSCCSC(=O)CCSCSCSCCC(=O)OCSCSCCO. The first kappa shape index (κ1) is 38.6. The molecule has 0 saturated heterocycles. The van der Waals surface area contributed by atoms with E-state index >= 15 is 0 Å². The minimum atomic E-state index is -0.639. The van der Waals surface area contributed by atoms with E-state index < -0.39 is 11.2 Å². The second-order valence-corrected chi connectivity index (χ2v) is 19.8. The number of aliphatic hydroxyl groups excluding tert-OH is 1. The van der Waals surface area contributed by atoms with Gasteiger partial charge in [-0.25, -0.2) is 0 Å². The average Bonchev–Trinajstić information content (AvgIpc) is 2.86. The molecule has 0 heterocycles. The van der Waals surface area contributed by atoms with Crippen molar-refractivity contribution >= 4 is 128 Å². The average molecular weight is 693 g/mol. The normalized spacial score (nSPS) is 12.1. The van der Waals surface area contributed by atoms with Gasteiger partial charge >= 0.3 is 5.97 Å². The van der Waals surface area contributed by atoms with Crippen molar-refractivity contribution in [1.29, 1.82) is 0 Å². The van der Waals surface area contributed by atoms with Crippen molar-refractivity contribution in [2.45, 2.75) is 26.2 Å². The second kappa shape index (κ2) is 32.1. The Hall–Kier alpha value is 2.56. The molecule has 0 aliphatic heterocycles. The predicted molar refractivity (Wildman–Crippen MR) is 182 cm³/mol. The maximum absolute atomic E-state index is 12.0. The minimum Gasteiger partial charge on any atom is -0.616 e. The van der Waals surface area contributed by atoms with Gasteiger partial charge in [0.05, 0.1) is 13.0 Å². The molecule has 0 aromatic carbocycles. The second-order valence-electron chi connectivity index (χ2n) is 6.67. The number of carbonyl (C=O) groups excluding carboxylic acids is 2. The number of thioether (sulfide) groups is 9. The van der Waals surface area contributed by atoms with Crippen LogP contribution in [-0.2, 0) is 25.5 Å². The first-order chi connectivity index (χ1) is 17.6. The van der Waals surface area contributed by atoms with Gasteiger partial charge in [0.2, 0.25) is 0 Å². The lowest BCUT2D eigenvalue weighted by molar-refractivity contribution is -0.140. The standard InChI is InChI=1S/C21H40O5S10/c1-2-12-36(25)13-11-31-19-34-18-30-9-10-35-21(24)4-7-28-17-33-16-27-6-3-20(23)26-14-32-15-29-8-5-22/h22H,2-19H2,1H3. The summed E-state index contributed by atoms with van der Waals surface area (Å²) >= 11 is 15.0. The fourth-order valence-electron chi connectivity index (χ4n) is 2.01. The Morgan fingerprint density at radius 3 is 1.97 bits per heavy atom. The smallest absolute Gasteiger partial charge is 0.307 e. The van der Waals surface area contributed by atoms with Crippen molar-refractivity contribution in [1.82, 2.24) is 0 Å². The van der Waals surface area contributed by atoms with E-state index in [1.54, 1.807) is 47.0 Å². The highest BCUT2D eigenvalue weighted by atomic mass is 32.2. The van der Waals surface area contributed by atoms with Gasteiger partial charge in [-0.05, 0) is 6.42 Å². The highest BCUT2D eigenvalue weighted by Crippen LogP contribution is 2.22. The van der Waals surface area contributed by atoms with Crippen molar-refractivity contribution in [2.24, 2.45) is 0 Å². The minimum absolute atomic E-state index is 0.151. The van der Waals surface area contributed by atoms with Gasteiger partial charge in [-0.1, -0.05) is 29.9 Å². The molecule has 1 atom stereocenters. The Labute approximate surface area is 259 Å². The van der Waals surface area contributed by atoms with Crippen molar-refractivity contribution in [3.63, 3.8) is 0 Å². The number of rotatable bonds is 28. The molecule has 1 N–H and O–H groups in total. The van der Waals surface area contributed by atoms with Crippen molar-refractivity contribution in [2.75, 3.05) is 84.0 Å². The van der Waals surface area contributed by atoms with E-state index in [-0.39, 0.29) is 17.7 Å². The molecular formula is C21H40O5S10. The summed E-state index contributed by atoms with van der Waals surface area (Å²) in [6.07, 6.45) is 2.06. The zero-order chi connectivity index (χ0) is 26.5. The number of carbonyl (C=O) groups is 2. The fourth-order valence-corrected chi connectivity index (χ4v) is 13.0. The molecule has 0 bridgehead atoms. The van der Waals surface area contributed by atoms with Crippen molar-refractivity contribution < 1.29 is 24.0 Å². The van der Waals surface area contributed by atoms with E-state index in [4.69, 9.17) is 9.84 Å². The third kappa shape index (κ3) is 31.1. The maximum atomic E-state index is 12.0. The third-order valence-electron chi connectivity index (χ3n) is 3.65. The molecule has 1 unspecified atom stereocenters. The van der Waals surface area contributed by atoms with Gasteiger partial charge in [-0.3, -0.25) is 9.59 Å². The molecule has 15 heteroatoms. The summed E-state index contributed by atoms with van der Waals surface area (Å²) < 4.78 is 16.7. The van der Waals surface area contributed by atoms with Crippen LogP contribution in [0.25, 0.3) is 0 Å². The van der Waals surface area contributed by atoms with E-state index in [2.05, 4.69) is 6.92 Å². The molecule has 0 rings (SSSR count). The summed E-state index contributed by atoms with van der Waals surface area (Å²) in [6, 6.07) is 0. The Balaban J connectivity index is 3.27. The van der Waals surface area contributed by atoms with Gasteiger partial charge in [0.25, 0.3) is 0 Å². The number of hydrogen-bond donors (Lipinski definition) is 1. The lowest BCUT2D eigenvalue weighted by Gasteiger charge is -2.09. The van der Waals surface area contributed by atoms with Crippen LogP contribution in [0.5, 0.6) is 0 Å². The lowest BCUT2D eigenvalue weighted by Crippen LogP contribution is -2.12. The van der Waals surface area contributed by atoms with Crippen LogP contribution in [0.15, 0.2) is 0 Å². The molecule has 0 radical (unpaired) electrons. The van der Waals surface area contributed by atoms with Crippen LogP contribution < -0.4 is 0 Å². The molecule has 0 fully saturated rings. The Morgan fingerprint density at radius 2 is 1.31 bits per heavy atom. The molecule has 36 heavy (non-hydrogen) atoms. The number of esters is 1. The number of hydrogen-bond acceptors (Lipinski definition) is 14. The van der Waals surface area contributed by atoms with E-state index in [1.165, 1.54) is 11.8 Å². The van der Waals surface area contributed by atoms with Crippen LogP contribution in [0.1, 0.15) is 26.2 Å². The largest absolute Gasteiger partial charge is 0.616 e. The highest BCUT2D eigenvalue weighted by Gasteiger charge is 2.06. The predicted octanol–water partition coefficient (Wildman–Crippen LogP) is 6.33. The van der Waals surface area contributed by atoms with Crippen LogP contribution >= 0.6 is 106 Å². The summed E-state index contributed by atoms with van der Waals surface area (Å²) in [5.41, 5.74) is 0. The summed E-state index contributed by atoms with van der Waals surface area (Å²) in [5, 5.41) is 13.8. The monoisotopic (exact) mass is 692 g/mol. The molecule has 0 aromatic rings. The topological polar surface area (TPSA) is 86.7 Å². The van der Waals surface area contributed by atoms with Crippen LogP contribution in [0, 0.1) is 0 Å². The molecule has 214 valence electrons. The highest BCUT2D eigenvalue weighted by molar-refractivity contribution is 8.23. The lowest BCUT2D eigenvalue weighted by atomic mass is 10.5. The zero-order valence-corrected chi connectivity index (χ0v) is 29.1. The molecule has 0 aliphatic carbocycles. The first-order valence-corrected chi connectivity index (χ1v) is 23.2. The number of aliphatic hydroxyl groups is 1. The molecule has 0 aromatic heterocycles. The van der Waals surface area contributed by atoms with Crippen molar-refractivity contribution in [3.05, 3.63) is 0 Å². The van der Waals surface area contributed by atoms with Crippen LogP contribution in [-0.4, -0.2) is 105 Å². The Kier molecular flexibility index (Phi) is 34.4. The van der Waals surface area contributed by atoms with Gasteiger partial charge in [-0.2, -0.15) is 35.3 Å². The summed E-state index contributed by atoms with van der Waals surface area (Å²) in [5.74, 6) is 7.09. The summed E-state index contributed by atoms with van der Waals surface area (Å²) in [6.45, 7) is 2.25. The Morgan fingerprint density at radius 1 is 0.722 bits per heavy atom. The Bertz CT molecular complexity index is 508.